The minimum absolute atomic E-state index is 0.316. The summed E-state index contributed by atoms with van der Waals surface area (Å²) >= 11 is 6.59. The molecule has 7 heteroatoms. The van der Waals surface area contributed by atoms with E-state index in [1.165, 1.54) is 6.92 Å². The van der Waals surface area contributed by atoms with Crippen LogP contribution < -0.4 is 10.6 Å². The molecule has 0 heterocycles. The van der Waals surface area contributed by atoms with Crippen LogP contribution >= 0.6 is 11.6 Å². The zero-order valence-corrected chi connectivity index (χ0v) is 23.0. The van der Waals surface area contributed by atoms with Crippen LogP contribution in [0.4, 0.5) is 11.4 Å². The summed E-state index contributed by atoms with van der Waals surface area (Å²) in [6.07, 6.45) is -0.343. The van der Waals surface area contributed by atoms with Crippen molar-refractivity contribution in [3.05, 3.63) is 93.5 Å². The largest absolute Gasteiger partial charge is 0.389 e. The van der Waals surface area contributed by atoms with E-state index in [4.69, 9.17) is 11.6 Å². The standard InChI is InChI=1S/C31H33ClN2O4/c1-17-10-12-23(19(3)14-17)33-29(36)27-25(35)16-31(5,38)28(26(27)21-8-6-7-9-22(21)32)30(37)34-24-13-11-18(2)15-20(24)4/h6-15,26-28,38H,16H2,1-5H3,(H,33,36)(H,34,37). The van der Waals surface area contributed by atoms with Crippen LogP contribution in [-0.2, 0) is 14.4 Å². The van der Waals surface area contributed by atoms with E-state index >= 15 is 0 Å². The van der Waals surface area contributed by atoms with E-state index in [0.717, 1.165) is 22.3 Å². The second kappa shape index (κ2) is 10.7. The molecule has 4 rings (SSSR count). The summed E-state index contributed by atoms with van der Waals surface area (Å²) < 4.78 is 0. The Morgan fingerprint density at radius 1 is 0.868 bits per heavy atom. The average Bonchev–Trinajstić information content (AvgIpc) is 2.81. The van der Waals surface area contributed by atoms with Gasteiger partial charge in [-0.05, 0) is 69.5 Å². The minimum atomic E-state index is -1.71. The van der Waals surface area contributed by atoms with Crippen molar-refractivity contribution >= 4 is 40.6 Å². The van der Waals surface area contributed by atoms with Gasteiger partial charge in [0, 0.05) is 28.7 Å². The molecular formula is C31H33ClN2O4. The molecule has 0 aliphatic heterocycles. The van der Waals surface area contributed by atoms with Crippen LogP contribution in [0.2, 0.25) is 5.02 Å². The molecule has 0 spiro atoms. The van der Waals surface area contributed by atoms with Crippen molar-refractivity contribution in [3.63, 3.8) is 0 Å². The molecule has 3 aromatic carbocycles. The Hall–Kier alpha value is -3.48. The molecule has 3 N–H and O–H groups in total. The summed E-state index contributed by atoms with van der Waals surface area (Å²) in [6.45, 7) is 9.15. The molecule has 0 aromatic heterocycles. The maximum atomic E-state index is 13.9. The fraction of sp³-hybridized carbons (Fsp3) is 0.323. The van der Waals surface area contributed by atoms with Crippen molar-refractivity contribution in [2.75, 3.05) is 10.6 Å². The first-order valence-electron chi connectivity index (χ1n) is 12.6. The zero-order chi connectivity index (χ0) is 27.8. The predicted octanol–water partition coefficient (Wildman–Crippen LogP) is 5.89. The molecule has 38 heavy (non-hydrogen) atoms. The summed E-state index contributed by atoms with van der Waals surface area (Å²) in [7, 11) is 0. The first-order chi connectivity index (χ1) is 17.9. The fourth-order valence-electron chi connectivity index (χ4n) is 5.54. The van der Waals surface area contributed by atoms with Gasteiger partial charge in [0.1, 0.15) is 11.7 Å². The molecule has 1 aliphatic carbocycles. The molecule has 1 aliphatic rings. The van der Waals surface area contributed by atoms with Crippen molar-refractivity contribution in [1.29, 1.82) is 0 Å². The molecule has 2 amide bonds. The van der Waals surface area contributed by atoms with Crippen LogP contribution in [-0.4, -0.2) is 28.3 Å². The van der Waals surface area contributed by atoms with Crippen LogP contribution in [0.1, 0.15) is 47.1 Å². The maximum absolute atomic E-state index is 13.9. The third-order valence-corrected chi connectivity index (χ3v) is 7.72. The van der Waals surface area contributed by atoms with Gasteiger partial charge in [-0.2, -0.15) is 0 Å². The molecule has 0 saturated heterocycles. The number of ketones is 1. The highest BCUT2D eigenvalue weighted by molar-refractivity contribution is 6.31. The lowest BCUT2D eigenvalue weighted by atomic mass is 9.61. The Morgan fingerprint density at radius 3 is 1.92 bits per heavy atom. The summed E-state index contributed by atoms with van der Waals surface area (Å²) in [5.41, 5.74) is 3.75. The molecule has 0 bridgehead atoms. The Balaban J connectivity index is 1.79. The van der Waals surface area contributed by atoms with Crippen molar-refractivity contribution in [3.8, 4) is 0 Å². The molecular weight excluding hydrogens is 500 g/mol. The van der Waals surface area contributed by atoms with Crippen molar-refractivity contribution in [2.45, 2.75) is 52.6 Å². The van der Waals surface area contributed by atoms with Gasteiger partial charge in [-0.1, -0.05) is 65.2 Å². The number of nitrogens with one attached hydrogen (secondary N) is 2. The first kappa shape index (κ1) is 27.6. The van der Waals surface area contributed by atoms with E-state index in [1.54, 1.807) is 36.4 Å². The Bertz CT molecular complexity index is 1410. The van der Waals surface area contributed by atoms with Gasteiger partial charge >= 0.3 is 0 Å². The van der Waals surface area contributed by atoms with Gasteiger partial charge in [0.25, 0.3) is 0 Å². The topological polar surface area (TPSA) is 95.5 Å². The van der Waals surface area contributed by atoms with Crippen LogP contribution in [0, 0.1) is 39.5 Å². The van der Waals surface area contributed by atoms with Gasteiger partial charge in [-0.15, -0.1) is 0 Å². The van der Waals surface area contributed by atoms with Crippen molar-refractivity contribution < 1.29 is 19.5 Å². The fourth-order valence-corrected chi connectivity index (χ4v) is 5.80. The van der Waals surface area contributed by atoms with Crippen molar-refractivity contribution in [2.24, 2.45) is 11.8 Å². The van der Waals surface area contributed by atoms with Crippen LogP contribution in [0.25, 0.3) is 0 Å². The molecule has 198 valence electrons. The lowest BCUT2D eigenvalue weighted by molar-refractivity contribution is -0.150. The Morgan fingerprint density at radius 2 is 1.39 bits per heavy atom. The monoisotopic (exact) mass is 532 g/mol. The molecule has 1 fully saturated rings. The lowest BCUT2D eigenvalue weighted by Crippen LogP contribution is -2.56. The van der Waals surface area contributed by atoms with E-state index in [9.17, 15) is 19.5 Å². The van der Waals surface area contributed by atoms with Crippen LogP contribution in [0.15, 0.2) is 60.7 Å². The number of aliphatic hydroxyl groups is 1. The van der Waals surface area contributed by atoms with Crippen LogP contribution in [0.5, 0.6) is 0 Å². The number of aryl methyl sites for hydroxylation is 4. The SMILES string of the molecule is Cc1ccc(NC(=O)C2C(=O)CC(C)(O)C(C(=O)Nc3ccc(C)cc3C)C2c2ccccc2Cl)c(C)c1. The number of anilines is 2. The van der Waals surface area contributed by atoms with Gasteiger partial charge in [-0.3, -0.25) is 14.4 Å². The zero-order valence-electron chi connectivity index (χ0n) is 22.3. The lowest BCUT2D eigenvalue weighted by Gasteiger charge is -2.44. The molecule has 6 nitrogen and oxygen atoms in total. The second-order valence-electron chi connectivity index (χ2n) is 10.6. The summed E-state index contributed by atoms with van der Waals surface area (Å²) in [6, 6.07) is 18.1. The predicted molar refractivity (Wildman–Crippen MR) is 151 cm³/mol. The van der Waals surface area contributed by atoms with E-state index in [2.05, 4.69) is 10.6 Å². The van der Waals surface area contributed by atoms with E-state index < -0.39 is 41.0 Å². The third-order valence-electron chi connectivity index (χ3n) is 7.38. The molecule has 3 aromatic rings. The van der Waals surface area contributed by atoms with Crippen molar-refractivity contribution in [1.82, 2.24) is 0 Å². The highest BCUT2D eigenvalue weighted by atomic mass is 35.5. The summed E-state index contributed by atoms with van der Waals surface area (Å²) in [5, 5.41) is 17.6. The second-order valence-corrected chi connectivity index (χ2v) is 11.0. The number of Topliss-reactive ketones (excluding diaryl/α,β-unsaturated/α-hetero) is 1. The third kappa shape index (κ3) is 5.52. The van der Waals surface area contributed by atoms with Gasteiger partial charge < -0.3 is 15.7 Å². The maximum Gasteiger partial charge on any atom is 0.235 e. The molecule has 4 atom stereocenters. The van der Waals surface area contributed by atoms with E-state index in [0.29, 0.717) is 22.0 Å². The number of amides is 2. The first-order valence-corrected chi connectivity index (χ1v) is 13.0. The van der Waals surface area contributed by atoms with E-state index in [1.807, 2.05) is 52.0 Å². The molecule has 0 radical (unpaired) electrons. The summed E-state index contributed by atoms with van der Waals surface area (Å²) in [4.78, 5) is 41.1. The highest BCUT2D eigenvalue weighted by Gasteiger charge is 2.56. The normalized spacial score (nSPS) is 23.1. The Labute approximate surface area is 228 Å². The van der Waals surface area contributed by atoms with E-state index in [-0.39, 0.29) is 6.42 Å². The minimum Gasteiger partial charge on any atom is -0.389 e. The Kier molecular flexibility index (Phi) is 7.77. The molecule has 4 unspecified atom stereocenters. The quantitative estimate of drug-likeness (QED) is 0.357. The van der Waals surface area contributed by atoms with Gasteiger partial charge in [-0.25, -0.2) is 0 Å². The smallest absolute Gasteiger partial charge is 0.235 e. The van der Waals surface area contributed by atoms with Gasteiger partial charge in [0.05, 0.1) is 11.5 Å². The number of benzene rings is 3. The number of hydrogen-bond acceptors (Lipinski definition) is 4. The number of carbonyl (C=O) groups is 3. The molecule has 1 saturated carbocycles. The van der Waals surface area contributed by atoms with Gasteiger partial charge in [0.15, 0.2) is 0 Å². The average molecular weight is 533 g/mol. The number of rotatable bonds is 5. The van der Waals surface area contributed by atoms with Crippen LogP contribution in [0.3, 0.4) is 0 Å². The summed E-state index contributed by atoms with van der Waals surface area (Å²) in [5.74, 6) is -4.81. The van der Waals surface area contributed by atoms with Gasteiger partial charge in [0.2, 0.25) is 11.8 Å². The number of hydrogen-bond donors (Lipinski definition) is 3. The highest BCUT2D eigenvalue weighted by Crippen LogP contribution is 2.48. The number of halogens is 1. The number of carbonyl (C=O) groups excluding carboxylic acids is 3.